The van der Waals surface area contributed by atoms with Crippen molar-refractivity contribution in [2.45, 2.75) is 9.16 Å². The quantitative estimate of drug-likeness (QED) is 0.355. The van der Waals surface area contributed by atoms with E-state index in [0.717, 1.165) is 34.5 Å². The maximum absolute atomic E-state index is 4.50. The van der Waals surface area contributed by atoms with E-state index >= 15 is 0 Å². The lowest BCUT2D eigenvalue weighted by atomic mass is 10.9. The monoisotopic (exact) mass is 338 g/mol. The first-order chi connectivity index (χ1) is 7.20. The molecule has 0 spiro atoms. The fourth-order valence-electron chi connectivity index (χ4n) is 0.743. The van der Waals surface area contributed by atoms with Crippen LogP contribution < -0.4 is 0 Å². The lowest BCUT2D eigenvalue weighted by molar-refractivity contribution is 1.39. The van der Waals surface area contributed by atoms with Gasteiger partial charge in [0.05, 0.1) is 9.16 Å². The molecule has 0 N–H and O–H groups in total. The van der Waals surface area contributed by atoms with Crippen LogP contribution >= 0.6 is 85.8 Å². The third-order valence-corrected chi connectivity index (χ3v) is 7.67. The summed E-state index contributed by atoms with van der Waals surface area (Å²) in [7, 11) is 0. The summed E-state index contributed by atoms with van der Waals surface area (Å²) in [4.78, 5) is 0. The van der Waals surface area contributed by atoms with Crippen molar-refractivity contribution in [2.75, 3.05) is 34.5 Å². The topological polar surface area (TPSA) is 0 Å². The van der Waals surface area contributed by atoms with E-state index in [1.807, 2.05) is 35.3 Å². The Kier molecular flexibility index (Phi) is 15.0. The van der Waals surface area contributed by atoms with Gasteiger partial charge in [-0.05, 0) is 11.5 Å². The highest BCUT2D eigenvalue weighted by Gasteiger charge is 2.06. The third kappa shape index (κ3) is 12.7. The van der Waals surface area contributed by atoms with E-state index < -0.39 is 0 Å². The zero-order chi connectivity index (χ0) is 11.5. The summed E-state index contributed by atoms with van der Waals surface area (Å²) in [5.74, 6) is 6.19. The minimum atomic E-state index is 0.428. The Balaban J connectivity index is 3.27. The van der Waals surface area contributed by atoms with Crippen molar-refractivity contribution in [3.63, 3.8) is 0 Å². The summed E-state index contributed by atoms with van der Waals surface area (Å²) < 4.78 is 0.857. The van der Waals surface area contributed by atoms with E-state index in [1.165, 1.54) is 0 Å². The molecule has 0 bridgehead atoms. The first kappa shape index (κ1) is 17.4. The fourth-order valence-corrected chi connectivity index (χ4v) is 5.28. The summed E-state index contributed by atoms with van der Waals surface area (Å²) in [6.07, 6.45) is 0. The first-order valence-corrected chi connectivity index (χ1v) is 10.1. The van der Waals surface area contributed by atoms with Crippen molar-refractivity contribution in [2.24, 2.45) is 0 Å². The Morgan fingerprint density at radius 3 is 1.53 bits per heavy atom. The van der Waals surface area contributed by atoms with Gasteiger partial charge in [-0.2, -0.15) is 62.3 Å². The minimum Gasteiger partial charge on any atom is -0.179 e. The van der Waals surface area contributed by atoms with Crippen LogP contribution in [0.3, 0.4) is 0 Å². The van der Waals surface area contributed by atoms with Gasteiger partial charge >= 0.3 is 0 Å². The normalized spacial score (nSPS) is 15.2. The average Bonchev–Trinajstić information content (AvgIpc) is 2.23. The predicted molar refractivity (Wildman–Crippen MR) is 95.5 cm³/mol. The molecule has 0 aromatic rings. The first-order valence-electron chi connectivity index (χ1n) is 4.59. The van der Waals surface area contributed by atoms with Gasteiger partial charge in [0.2, 0.25) is 0 Å². The van der Waals surface area contributed by atoms with Crippen molar-refractivity contribution in [1.29, 1.82) is 0 Å². The maximum Gasteiger partial charge on any atom is 0.0562 e. The second-order valence-corrected chi connectivity index (χ2v) is 9.17. The van der Waals surface area contributed by atoms with E-state index in [-0.39, 0.29) is 0 Å². The summed E-state index contributed by atoms with van der Waals surface area (Å²) in [5.41, 5.74) is 0. The molecule has 0 saturated carbocycles. The molecule has 0 fully saturated rings. The number of thioether (sulfide) groups is 3. The van der Waals surface area contributed by atoms with E-state index in [4.69, 9.17) is 0 Å². The molecular weight excluding hydrogens is 321 g/mol. The Labute approximate surface area is 128 Å². The van der Waals surface area contributed by atoms with Gasteiger partial charge in [0.25, 0.3) is 0 Å². The van der Waals surface area contributed by atoms with Crippen LogP contribution in [0, 0.1) is 0 Å². The highest BCUT2D eigenvalue weighted by atomic mass is 32.2. The molecular formula is C8H18S7. The van der Waals surface area contributed by atoms with Gasteiger partial charge in [-0.15, -0.1) is 23.5 Å². The smallest absolute Gasteiger partial charge is 0.0562 e. The van der Waals surface area contributed by atoms with E-state index in [0.29, 0.717) is 9.16 Å². The molecule has 2 unspecified atom stereocenters. The molecule has 0 radical (unpaired) electrons. The van der Waals surface area contributed by atoms with Crippen LogP contribution in [0.25, 0.3) is 0 Å². The van der Waals surface area contributed by atoms with Crippen molar-refractivity contribution in [1.82, 2.24) is 0 Å². The molecule has 92 valence electrons. The molecule has 0 aliphatic heterocycles. The standard InChI is InChI=1S/C8H18S7/c9-1-3-14-7(11)5-13-6-8(12)15-4-2-10/h7-12H,1-6H2. The molecule has 0 aliphatic carbocycles. The van der Waals surface area contributed by atoms with Crippen LogP contribution in [-0.2, 0) is 0 Å². The maximum atomic E-state index is 4.50. The second kappa shape index (κ2) is 12.9. The molecule has 15 heavy (non-hydrogen) atoms. The van der Waals surface area contributed by atoms with Gasteiger partial charge in [-0.1, -0.05) is 0 Å². The lowest BCUT2D eigenvalue weighted by Crippen LogP contribution is -2.04. The molecule has 0 rings (SSSR count). The summed E-state index contributed by atoms with van der Waals surface area (Å²) in [5, 5.41) is 0. The average molecular weight is 339 g/mol. The SMILES string of the molecule is SCCSC(S)CSCC(S)SCCS. The van der Waals surface area contributed by atoms with Crippen LogP contribution in [0.2, 0.25) is 0 Å². The summed E-state index contributed by atoms with van der Waals surface area (Å²) in [6.45, 7) is 0. The van der Waals surface area contributed by atoms with E-state index in [2.05, 4.69) is 50.5 Å². The van der Waals surface area contributed by atoms with Crippen LogP contribution in [0.1, 0.15) is 0 Å². The van der Waals surface area contributed by atoms with Crippen LogP contribution in [0.5, 0.6) is 0 Å². The molecule has 2 atom stereocenters. The van der Waals surface area contributed by atoms with Crippen LogP contribution in [-0.4, -0.2) is 43.7 Å². The zero-order valence-corrected chi connectivity index (χ0v) is 14.4. The van der Waals surface area contributed by atoms with Gasteiger partial charge < -0.3 is 0 Å². The lowest BCUT2D eigenvalue weighted by Gasteiger charge is -2.12. The number of hydrogen-bond donors (Lipinski definition) is 4. The Morgan fingerprint density at radius 1 is 0.800 bits per heavy atom. The molecule has 0 aromatic carbocycles. The minimum absolute atomic E-state index is 0.428. The Hall–Kier alpha value is 2.45. The van der Waals surface area contributed by atoms with Crippen LogP contribution in [0.15, 0.2) is 0 Å². The van der Waals surface area contributed by atoms with Gasteiger partial charge in [0.1, 0.15) is 0 Å². The fraction of sp³-hybridized carbons (Fsp3) is 1.00. The molecule has 0 nitrogen and oxygen atoms in total. The van der Waals surface area contributed by atoms with Gasteiger partial charge in [0, 0.05) is 23.0 Å². The van der Waals surface area contributed by atoms with Gasteiger partial charge in [-0.25, -0.2) is 0 Å². The Morgan fingerprint density at radius 2 is 1.20 bits per heavy atom. The number of thiol groups is 4. The second-order valence-electron chi connectivity index (χ2n) is 2.64. The molecule has 0 saturated heterocycles. The number of rotatable bonds is 10. The van der Waals surface area contributed by atoms with Crippen LogP contribution in [0.4, 0.5) is 0 Å². The van der Waals surface area contributed by atoms with Gasteiger partial charge in [0.15, 0.2) is 0 Å². The largest absolute Gasteiger partial charge is 0.179 e. The number of hydrogen-bond acceptors (Lipinski definition) is 7. The molecule has 7 heteroatoms. The molecule has 0 aromatic heterocycles. The third-order valence-electron chi connectivity index (χ3n) is 1.32. The van der Waals surface area contributed by atoms with E-state index in [9.17, 15) is 0 Å². The highest BCUT2D eigenvalue weighted by molar-refractivity contribution is 8.14. The van der Waals surface area contributed by atoms with E-state index in [1.54, 1.807) is 0 Å². The van der Waals surface area contributed by atoms with Crippen molar-refractivity contribution in [3.05, 3.63) is 0 Å². The summed E-state index contributed by atoms with van der Waals surface area (Å²) >= 11 is 23.0. The van der Waals surface area contributed by atoms with Gasteiger partial charge in [-0.3, -0.25) is 0 Å². The molecule has 0 amide bonds. The van der Waals surface area contributed by atoms with Crippen molar-refractivity contribution < 1.29 is 0 Å². The summed E-state index contributed by atoms with van der Waals surface area (Å²) in [6, 6.07) is 0. The van der Waals surface area contributed by atoms with Crippen molar-refractivity contribution >= 4 is 85.8 Å². The zero-order valence-electron chi connectivity index (χ0n) is 8.41. The van der Waals surface area contributed by atoms with Crippen molar-refractivity contribution in [3.8, 4) is 0 Å². The highest BCUT2D eigenvalue weighted by Crippen LogP contribution is 2.24. The Bertz CT molecular complexity index is 118. The molecule has 0 aliphatic rings. The predicted octanol–water partition coefficient (Wildman–Crippen LogP) is 3.56. The molecule has 0 heterocycles.